The monoisotopic (exact) mass is 287 g/mol. The van der Waals surface area contributed by atoms with Crippen molar-refractivity contribution in [2.75, 3.05) is 13.6 Å². The van der Waals surface area contributed by atoms with E-state index in [2.05, 4.69) is 18.0 Å². The van der Waals surface area contributed by atoms with E-state index in [0.29, 0.717) is 0 Å². The van der Waals surface area contributed by atoms with Gasteiger partial charge in [-0.25, -0.2) is 0 Å². The van der Waals surface area contributed by atoms with Gasteiger partial charge in [0, 0.05) is 18.0 Å². The van der Waals surface area contributed by atoms with Gasteiger partial charge in [0.1, 0.15) is 0 Å². The maximum absolute atomic E-state index is 10.1. The van der Waals surface area contributed by atoms with E-state index in [-0.39, 0.29) is 6.10 Å². The smallest absolute Gasteiger partial charge is 0.0931 e. The molecule has 0 bridgehead atoms. The molecule has 0 aliphatic heterocycles. The third kappa shape index (κ3) is 4.54. The molecule has 0 amide bonds. The first-order valence-corrected chi connectivity index (χ1v) is 7.94. The summed E-state index contributed by atoms with van der Waals surface area (Å²) in [6, 6.07) is 4.00. The van der Waals surface area contributed by atoms with Crippen LogP contribution in [0.4, 0.5) is 0 Å². The van der Waals surface area contributed by atoms with Crippen LogP contribution in [0.25, 0.3) is 0 Å². The van der Waals surface area contributed by atoms with E-state index >= 15 is 0 Å². The van der Waals surface area contributed by atoms with Crippen molar-refractivity contribution in [2.24, 2.45) is 5.92 Å². The Bertz CT molecular complexity index is 362. The van der Waals surface area contributed by atoms with E-state index in [9.17, 15) is 5.11 Å². The molecule has 1 N–H and O–H groups in total. The molecule has 0 saturated heterocycles. The Morgan fingerprint density at radius 1 is 1.44 bits per heavy atom. The summed E-state index contributed by atoms with van der Waals surface area (Å²) in [5.74, 6) is 0.754. The summed E-state index contributed by atoms with van der Waals surface area (Å²) in [4.78, 5) is 3.44. The molecule has 1 saturated carbocycles. The summed E-state index contributed by atoms with van der Waals surface area (Å²) in [7, 11) is 2.06. The first-order valence-electron chi connectivity index (χ1n) is 6.74. The largest absolute Gasteiger partial charge is 0.392 e. The van der Waals surface area contributed by atoms with E-state index in [1.807, 2.05) is 6.07 Å². The Hall–Kier alpha value is -0.0900. The van der Waals surface area contributed by atoms with Crippen LogP contribution in [0.5, 0.6) is 0 Å². The molecule has 1 aromatic heterocycles. The third-order valence-electron chi connectivity index (χ3n) is 3.66. The van der Waals surface area contributed by atoms with Crippen LogP contribution in [-0.4, -0.2) is 29.7 Å². The third-order valence-corrected chi connectivity index (χ3v) is 4.87. The number of hydrogen-bond acceptors (Lipinski definition) is 3. The summed E-state index contributed by atoms with van der Waals surface area (Å²) in [6.45, 7) is 1.63. The van der Waals surface area contributed by atoms with Crippen molar-refractivity contribution < 1.29 is 5.11 Å². The van der Waals surface area contributed by atoms with Gasteiger partial charge in [-0.05, 0) is 31.5 Å². The zero-order chi connectivity index (χ0) is 13.0. The lowest BCUT2D eigenvalue weighted by Crippen LogP contribution is -2.29. The highest BCUT2D eigenvalue weighted by molar-refractivity contribution is 7.16. The van der Waals surface area contributed by atoms with Gasteiger partial charge in [0.25, 0.3) is 0 Å². The lowest BCUT2D eigenvalue weighted by atomic mass is 10.00. The standard InChI is InChI=1S/C14H22ClNOS/c1-16(10-13-6-7-14(15)18-13)9-12(17)8-11-4-2-3-5-11/h6-7,11-12,17H,2-5,8-10H2,1H3. The second-order valence-electron chi connectivity index (χ2n) is 5.44. The highest BCUT2D eigenvalue weighted by Gasteiger charge is 2.19. The molecule has 1 aliphatic carbocycles. The molecule has 1 aromatic rings. The van der Waals surface area contributed by atoms with Crippen molar-refractivity contribution in [3.8, 4) is 0 Å². The van der Waals surface area contributed by atoms with Gasteiger partial charge >= 0.3 is 0 Å². The van der Waals surface area contributed by atoms with Crippen LogP contribution in [0, 0.1) is 5.92 Å². The molecule has 1 heterocycles. The van der Waals surface area contributed by atoms with Crippen LogP contribution >= 0.6 is 22.9 Å². The Labute approximate surface area is 119 Å². The van der Waals surface area contributed by atoms with Crippen LogP contribution in [-0.2, 0) is 6.54 Å². The van der Waals surface area contributed by atoms with Gasteiger partial charge in [0.2, 0.25) is 0 Å². The van der Waals surface area contributed by atoms with Crippen molar-refractivity contribution in [1.29, 1.82) is 0 Å². The number of hydrogen-bond donors (Lipinski definition) is 1. The molecule has 1 aliphatic rings. The van der Waals surface area contributed by atoms with E-state index in [1.54, 1.807) is 11.3 Å². The second-order valence-corrected chi connectivity index (χ2v) is 7.24. The fraction of sp³-hybridized carbons (Fsp3) is 0.714. The summed E-state index contributed by atoms with van der Waals surface area (Å²) >= 11 is 7.53. The van der Waals surface area contributed by atoms with Gasteiger partial charge in [0.05, 0.1) is 10.4 Å². The molecule has 1 fully saturated rings. The minimum absolute atomic E-state index is 0.187. The van der Waals surface area contributed by atoms with Crippen LogP contribution < -0.4 is 0 Å². The Balaban J connectivity index is 1.71. The predicted octanol–water partition coefficient (Wildman–Crippen LogP) is 3.77. The average Bonchev–Trinajstić information content (AvgIpc) is 2.90. The molecule has 0 aromatic carbocycles. The molecule has 102 valence electrons. The summed E-state index contributed by atoms with van der Waals surface area (Å²) in [6.07, 6.45) is 6.09. The quantitative estimate of drug-likeness (QED) is 0.861. The highest BCUT2D eigenvalue weighted by Crippen LogP contribution is 2.29. The number of nitrogens with zero attached hydrogens (tertiary/aromatic N) is 1. The fourth-order valence-electron chi connectivity index (χ4n) is 2.83. The van der Waals surface area contributed by atoms with Gasteiger partial charge in [0.15, 0.2) is 0 Å². The second kappa shape index (κ2) is 6.90. The number of halogens is 1. The minimum Gasteiger partial charge on any atom is -0.392 e. The van der Waals surface area contributed by atoms with Gasteiger partial charge in [-0.1, -0.05) is 37.3 Å². The summed E-state index contributed by atoms with van der Waals surface area (Å²) in [5, 5.41) is 10.1. The molecule has 0 radical (unpaired) electrons. The number of aliphatic hydroxyl groups is 1. The number of thiophene rings is 1. The molecular weight excluding hydrogens is 266 g/mol. The fourth-order valence-corrected chi connectivity index (χ4v) is 4.00. The van der Waals surface area contributed by atoms with E-state index in [4.69, 9.17) is 11.6 Å². The van der Waals surface area contributed by atoms with E-state index in [0.717, 1.165) is 29.8 Å². The zero-order valence-electron chi connectivity index (χ0n) is 10.9. The Kier molecular flexibility index (Phi) is 5.49. The van der Waals surface area contributed by atoms with Crippen LogP contribution in [0.1, 0.15) is 37.0 Å². The van der Waals surface area contributed by atoms with Gasteiger partial charge in [-0.3, -0.25) is 4.90 Å². The maximum atomic E-state index is 10.1. The lowest BCUT2D eigenvalue weighted by molar-refractivity contribution is 0.0998. The molecule has 4 heteroatoms. The van der Waals surface area contributed by atoms with Crippen molar-refractivity contribution in [1.82, 2.24) is 4.90 Å². The van der Waals surface area contributed by atoms with E-state index < -0.39 is 0 Å². The number of aliphatic hydroxyl groups excluding tert-OH is 1. The summed E-state index contributed by atoms with van der Waals surface area (Å²) < 4.78 is 0.838. The maximum Gasteiger partial charge on any atom is 0.0931 e. The molecule has 18 heavy (non-hydrogen) atoms. The molecule has 0 spiro atoms. The molecular formula is C14H22ClNOS. The first kappa shape index (κ1) is 14.3. The number of likely N-dealkylation sites (N-methyl/N-ethyl adjacent to an activating group) is 1. The van der Waals surface area contributed by atoms with E-state index in [1.165, 1.54) is 30.6 Å². The number of rotatable bonds is 6. The predicted molar refractivity (Wildman–Crippen MR) is 78.2 cm³/mol. The summed E-state index contributed by atoms with van der Waals surface area (Å²) in [5.41, 5.74) is 0. The van der Waals surface area contributed by atoms with Crippen molar-refractivity contribution in [2.45, 2.75) is 44.8 Å². The topological polar surface area (TPSA) is 23.5 Å². The molecule has 2 rings (SSSR count). The van der Waals surface area contributed by atoms with Gasteiger partial charge in [-0.2, -0.15) is 0 Å². The first-order chi connectivity index (χ1) is 8.63. The van der Waals surface area contributed by atoms with Crippen LogP contribution in [0.2, 0.25) is 4.34 Å². The lowest BCUT2D eigenvalue weighted by Gasteiger charge is -2.22. The highest BCUT2D eigenvalue weighted by atomic mass is 35.5. The van der Waals surface area contributed by atoms with Crippen molar-refractivity contribution >= 4 is 22.9 Å². The van der Waals surface area contributed by atoms with Crippen LogP contribution in [0.15, 0.2) is 12.1 Å². The zero-order valence-corrected chi connectivity index (χ0v) is 12.5. The Morgan fingerprint density at radius 3 is 2.78 bits per heavy atom. The molecule has 2 nitrogen and oxygen atoms in total. The molecule has 1 unspecified atom stereocenters. The van der Waals surface area contributed by atoms with Crippen molar-refractivity contribution in [3.05, 3.63) is 21.3 Å². The van der Waals surface area contributed by atoms with Crippen LogP contribution in [0.3, 0.4) is 0 Å². The Morgan fingerprint density at radius 2 is 2.17 bits per heavy atom. The normalized spacial score (nSPS) is 18.7. The minimum atomic E-state index is -0.187. The molecule has 1 atom stereocenters. The van der Waals surface area contributed by atoms with Gasteiger partial charge in [-0.15, -0.1) is 11.3 Å². The van der Waals surface area contributed by atoms with Gasteiger partial charge < -0.3 is 5.11 Å². The van der Waals surface area contributed by atoms with Crippen molar-refractivity contribution in [3.63, 3.8) is 0 Å². The SMILES string of the molecule is CN(Cc1ccc(Cl)s1)CC(O)CC1CCCC1. The average molecular weight is 288 g/mol.